The first-order valence-electron chi connectivity index (χ1n) is 12.0. The zero-order valence-electron chi connectivity index (χ0n) is 19.4. The van der Waals surface area contributed by atoms with Gasteiger partial charge in [0, 0.05) is 30.6 Å². The highest BCUT2D eigenvalue weighted by Gasteiger charge is 2.24. The van der Waals surface area contributed by atoms with E-state index in [0.717, 1.165) is 48.9 Å². The summed E-state index contributed by atoms with van der Waals surface area (Å²) < 4.78 is 2.53. The molecule has 0 saturated carbocycles. The molecule has 1 amide bonds. The van der Waals surface area contributed by atoms with Gasteiger partial charge >= 0.3 is 0 Å². The van der Waals surface area contributed by atoms with E-state index in [4.69, 9.17) is 0 Å². The molecule has 0 fully saturated rings. The third-order valence-electron chi connectivity index (χ3n) is 6.54. The first-order valence-corrected chi connectivity index (χ1v) is 12.8. The second-order valence-corrected chi connectivity index (χ2v) is 9.76. The van der Waals surface area contributed by atoms with Gasteiger partial charge in [-0.05, 0) is 71.3 Å². The summed E-state index contributed by atoms with van der Waals surface area (Å²) in [6, 6.07) is 17.5. The minimum atomic E-state index is 0.0687. The quantitative estimate of drug-likeness (QED) is 0.278. The zero-order valence-corrected chi connectivity index (χ0v) is 21.0. The third-order valence-corrected chi connectivity index (χ3v) is 7.09. The van der Waals surface area contributed by atoms with Crippen LogP contribution in [-0.2, 0) is 17.6 Å². The summed E-state index contributed by atoms with van der Waals surface area (Å²) in [5, 5.41) is 21.2. The number of hydrogen-bond acceptors (Lipinski definition) is 5. The van der Waals surface area contributed by atoms with Crippen LogP contribution in [0.4, 0.5) is 5.82 Å². The second kappa shape index (κ2) is 10.5. The summed E-state index contributed by atoms with van der Waals surface area (Å²) in [5.74, 6) is 1.21. The molecule has 180 valence electrons. The summed E-state index contributed by atoms with van der Waals surface area (Å²) in [6.45, 7) is 1.39. The van der Waals surface area contributed by atoms with E-state index in [2.05, 4.69) is 60.9 Å². The Bertz CT molecular complexity index is 1350. The lowest BCUT2D eigenvalue weighted by molar-refractivity contribution is -0.125. The molecular formula is C27H28BrN5O2. The van der Waals surface area contributed by atoms with Crippen molar-refractivity contribution in [3.05, 3.63) is 76.4 Å². The molecule has 0 aliphatic heterocycles. The van der Waals surface area contributed by atoms with Gasteiger partial charge in [0.2, 0.25) is 5.91 Å². The molecule has 1 aliphatic carbocycles. The van der Waals surface area contributed by atoms with E-state index in [-0.39, 0.29) is 17.6 Å². The standard InChI is InChI=1S/C27H28BrN5O2/c28-22-17-31-33-25(16-23(32-26(22)33)21-9-3-4-10-24(21)34)29-13-5-6-14-30-27(35)20-12-11-18-7-1-2-8-19(18)15-20/h1-4,7-10,16-17,20,29,34H,5-6,11-15H2,(H,30,35). The van der Waals surface area contributed by atoms with Crippen LogP contribution in [0.3, 0.4) is 0 Å². The number of aryl methyl sites for hydroxylation is 1. The molecule has 8 heteroatoms. The topological polar surface area (TPSA) is 91.5 Å². The monoisotopic (exact) mass is 533 g/mol. The molecule has 0 radical (unpaired) electrons. The highest BCUT2D eigenvalue weighted by molar-refractivity contribution is 9.10. The third kappa shape index (κ3) is 5.17. The first kappa shape index (κ1) is 23.4. The number of rotatable bonds is 8. The predicted molar refractivity (Wildman–Crippen MR) is 140 cm³/mol. The minimum absolute atomic E-state index is 0.0687. The molecule has 1 atom stereocenters. The molecule has 2 heterocycles. The second-order valence-electron chi connectivity index (χ2n) is 8.91. The number of nitrogens with zero attached hydrogens (tertiary/aromatic N) is 3. The highest BCUT2D eigenvalue weighted by Crippen LogP contribution is 2.31. The van der Waals surface area contributed by atoms with E-state index in [1.807, 2.05) is 18.2 Å². The number of fused-ring (bicyclic) bond motifs is 2. The van der Waals surface area contributed by atoms with Crippen molar-refractivity contribution in [3.8, 4) is 17.0 Å². The van der Waals surface area contributed by atoms with Crippen LogP contribution in [0.1, 0.15) is 30.4 Å². The van der Waals surface area contributed by atoms with E-state index in [1.165, 1.54) is 11.1 Å². The molecule has 0 bridgehead atoms. The van der Waals surface area contributed by atoms with Crippen LogP contribution in [0, 0.1) is 5.92 Å². The molecule has 7 nitrogen and oxygen atoms in total. The number of phenols is 1. The van der Waals surface area contributed by atoms with Gasteiger partial charge in [0.1, 0.15) is 11.6 Å². The Labute approximate surface area is 212 Å². The molecular weight excluding hydrogens is 506 g/mol. The van der Waals surface area contributed by atoms with E-state index in [1.54, 1.807) is 22.8 Å². The fraction of sp³-hybridized carbons (Fsp3) is 0.296. The lowest BCUT2D eigenvalue weighted by atomic mass is 9.83. The van der Waals surface area contributed by atoms with E-state index in [9.17, 15) is 9.90 Å². The van der Waals surface area contributed by atoms with Crippen molar-refractivity contribution in [2.75, 3.05) is 18.4 Å². The van der Waals surface area contributed by atoms with Crippen molar-refractivity contribution in [3.63, 3.8) is 0 Å². The fourth-order valence-electron chi connectivity index (χ4n) is 4.63. The van der Waals surface area contributed by atoms with Crippen LogP contribution < -0.4 is 10.6 Å². The van der Waals surface area contributed by atoms with E-state index < -0.39 is 0 Å². The first-order chi connectivity index (χ1) is 17.1. The van der Waals surface area contributed by atoms with Gasteiger partial charge in [-0.15, -0.1) is 0 Å². The number of anilines is 1. The fourth-order valence-corrected chi connectivity index (χ4v) is 4.98. The molecule has 4 aromatic rings. The molecule has 1 unspecified atom stereocenters. The van der Waals surface area contributed by atoms with Gasteiger partial charge in [-0.1, -0.05) is 36.4 Å². The van der Waals surface area contributed by atoms with Crippen LogP contribution in [0.2, 0.25) is 0 Å². The number of unbranched alkanes of at least 4 members (excludes halogenated alkanes) is 1. The van der Waals surface area contributed by atoms with Crippen LogP contribution in [0.5, 0.6) is 5.75 Å². The molecule has 0 spiro atoms. The Morgan fingerprint density at radius 2 is 1.86 bits per heavy atom. The van der Waals surface area contributed by atoms with Gasteiger partial charge in [-0.25, -0.2) is 4.98 Å². The average molecular weight is 534 g/mol. The van der Waals surface area contributed by atoms with Crippen molar-refractivity contribution in [2.45, 2.75) is 32.1 Å². The van der Waals surface area contributed by atoms with Crippen molar-refractivity contribution in [2.24, 2.45) is 5.92 Å². The number of halogens is 1. The maximum absolute atomic E-state index is 12.6. The number of carbonyl (C=O) groups excluding carboxylic acids is 1. The summed E-state index contributed by atoms with van der Waals surface area (Å²) in [4.78, 5) is 17.3. The number of aromatic nitrogens is 3. The van der Waals surface area contributed by atoms with Crippen LogP contribution >= 0.6 is 15.9 Å². The van der Waals surface area contributed by atoms with Gasteiger partial charge < -0.3 is 15.7 Å². The van der Waals surface area contributed by atoms with Gasteiger partial charge in [0.05, 0.1) is 16.4 Å². The maximum Gasteiger partial charge on any atom is 0.223 e. The average Bonchev–Trinajstić information content (AvgIpc) is 3.26. The number of aromatic hydroxyl groups is 1. The Balaban J connectivity index is 1.14. The Hall–Kier alpha value is -3.39. The Morgan fingerprint density at radius 1 is 1.09 bits per heavy atom. The summed E-state index contributed by atoms with van der Waals surface area (Å²) >= 11 is 3.51. The minimum Gasteiger partial charge on any atom is -0.507 e. The lowest BCUT2D eigenvalue weighted by Gasteiger charge is -2.23. The van der Waals surface area contributed by atoms with Gasteiger partial charge in [0.25, 0.3) is 0 Å². The van der Waals surface area contributed by atoms with Crippen LogP contribution in [-0.4, -0.2) is 38.7 Å². The number of amides is 1. The van der Waals surface area contributed by atoms with E-state index >= 15 is 0 Å². The van der Waals surface area contributed by atoms with Gasteiger partial charge in [0.15, 0.2) is 5.65 Å². The number of phenolic OH excluding ortho intramolecular Hbond substituents is 1. The smallest absolute Gasteiger partial charge is 0.223 e. The van der Waals surface area contributed by atoms with Crippen LogP contribution in [0.15, 0.2) is 65.3 Å². The predicted octanol–water partition coefficient (Wildman–Crippen LogP) is 4.98. The molecule has 3 N–H and O–H groups in total. The maximum atomic E-state index is 12.6. The normalized spacial score (nSPS) is 15.1. The zero-order chi connectivity index (χ0) is 24.2. The Morgan fingerprint density at radius 3 is 2.71 bits per heavy atom. The number of benzene rings is 2. The molecule has 2 aromatic heterocycles. The molecule has 5 rings (SSSR count). The number of para-hydroxylation sites is 1. The van der Waals surface area contributed by atoms with Gasteiger partial charge in [-0.3, -0.25) is 4.79 Å². The summed E-state index contributed by atoms with van der Waals surface area (Å²) in [6.07, 6.45) is 6.21. The highest BCUT2D eigenvalue weighted by atomic mass is 79.9. The lowest BCUT2D eigenvalue weighted by Crippen LogP contribution is -2.34. The summed E-state index contributed by atoms with van der Waals surface area (Å²) in [5.41, 5.74) is 4.69. The van der Waals surface area contributed by atoms with E-state index in [0.29, 0.717) is 23.4 Å². The summed E-state index contributed by atoms with van der Waals surface area (Å²) in [7, 11) is 0. The molecule has 2 aromatic carbocycles. The van der Waals surface area contributed by atoms with Crippen LogP contribution in [0.25, 0.3) is 16.9 Å². The van der Waals surface area contributed by atoms with Crippen molar-refractivity contribution in [1.82, 2.24) is 19.9 Å². The van der Waals surface area contributed by atoms with Crippen molar-refractivity contribution in [1.29, 1.82) is 0 Å². The molecule has 35 heavy (non-hydrogen) atoms. The molecule has 1 aliphatic rings. The van der Waals surface area contributed by atoms with Crippen molar-refractivity contribution < 1.29 is 9.90 Å². The molecule has 0 saturated heterocycles. The van der Waals surface area contributed by atoms with Gasteiger partial charge in [-0.2, -0.15) is 9.61 Å². The van der Waals surface area contributed by atoms with Crippen molar-refractivity contribution >= 4 is 33.3 Å². The number of hydrogen-bond donors (Lipinski definition) is 3. The SMILES string of the molecule is O=C(NCCCCNc1cc(-c2ccccc2O)nc2c(Br)cnn12)C1CCc2ccccc2C1. The Kier molecular flexibility index (Phi) is 6.99. The number of carbonyl (C=O) groups is 1. The largest absolute Gasteiger partial charge is 0.507 e. The number of nitrogens with one attached hydrogen (secondary N) is 2.